The summed E-state index contributed by atoms with van der Waals surface area (Å²) < 4.78 is 0. The van der Waals surface area contributed by atoms with Crippen molar-refractivity contribution in [3.8, 4) is 0 Å². The van der Waals surface area contributed by atoms with Crippen molar-refractivity contribution in [2.45, 2.75) is 80.3 Å². The quantitative estimate of drug-likeness (QED) is 0.666. The van der Waals surface area contributed by atoms with Crippen LogP contribution in [0.3, 0.4) is 0 Å². The molecule has 0 rings (SSSR count). The molecule has 0 radical (unpaired) electrons. The summed E-state index contributed by atoms with van der Waals surface area (Å²) in [6.07, 6.45) is 5.37. The topological polar surface area (TPSA) is 52.5 Å². The second-order valence-corrected chi connectivity index (χ2v) is 4.07. The highest BCUT2D eigenvalue weighted by Crippen LogP contribution is 1.95. The zero-order valence-corrected chi connectivity index (χ0v) is 13.9. The van der Waals surface area contributed by atoms with E-state index in [0.717, 1.165) is 13.1 Å². The molecule has 3 heteroatoms. The van der Waals surface area contributed by atoms with Gasteiger partial charge in [-0.05, 0) is 33.9 Å². The Morgan fingerprint density at radius 3 is 1.11 bits per heavy atom. The molecule has 0 aliphatic carbocycles. The number of rotatable bonds is 5. The van der Waals surface area contributed by atoms with Crippen LogP contribution < -0.4 is 5.32 Å². The zero-order valence-electron chi connectivity index (χ0n) is 13.9. The highest BCUT2D eigenvalue weighted by atomic mass is 16.3. The first-order chi connectivity index (χ1) is 8.47. The molecule has 3 nitrogen and oxygen atoms in total. The highest BCUT2D eigenvalue weighted by Gasteiger charge is 1.75. The van der Waals surface area contributed by atoms with E-state index in [9.17, 15) is 0 Å². The van der Waals surface area contributed by atoms with Crippen LogP contribution in [0.25, 0.3) is 0 Å². The van der Waals surface area contributed by atoms with Gasteiger partial charge >= 0.3 is 0 Å². The second-order valence-electron chi connectivity index (χ2n) is 4.07. The molecule has 0 unspecified atom stereocenters. The van der Waals surface area contributed by atoms with Crippen molar-refractivity contribution >= 4 is 0 Å². The summed E-state index contributed by atoms with van der Waals surface area (Å²) in [7, 11) is 0. The minimum Gasteiger partial charge on any atom is -0.397 e. The second kappa shape index (κ2) is 36.0. The molecule has 0 heterocycles. The van der Waals surface area contributed by atoms with Crippen molar-refractivity contribution in [1.29, 1.82) is 0 Å². The lowest BCUT2D eigenvalue weighted by Gasteiger charge is -1.86. The van der Waals surface area contributed by atoms with E-state index in [1.165, 1.54) is 25.7 Å². The maximum absolute atomic E-state index is 8.06. The Morgan fingerprint density at radius 2 is 1.06 bits per heavy atom. The number of aliphatic hydroxyl groups is 2. The number of nitrogens with one attached hydrogen (secondary N) is 1. The van der Waals surface area contributed by atoms with E-state index in [1.807, 2.05) is 0 Å². The Labute approximate surface area is 116 Å². The van der Waals surface area contributed by atoms with Crippen molar-refractivity contribution in [3.05, 3.63) is 0 Å². The van der Waals surface area contributed by atoms with Crippen LogP contribution >= 0.6 is 0 Å². The van der Waals surface area contributed by atoms with Crippen LogP contribution in [0.5, 0.6) is 0 Å². The predicted octanol–water partition coefficient (Wildman–Crippen LogP) is 3.59. The molecule has 0 aliphatic rings. The van der Waals surface area contributed by atoms with Gasteiger partial charge in [0.05, 0.1) is 0 Å². The van der Waals surface area contributed by atoms with Gasteiger partial charge in [-0.25, -0.2) is 0 Å². The first-order valence-corrected chi connectivity index (χ1v) is 7.47. The zero-order chi connectivity index (χ0) is 15.2. The van der Waals surface area contributed by atoms with Crippen LogP contribution in [0.15, 0.2) is 0 Å². The van der Waals surface area contributed by atoms with Crippen molar-refractivity contribution < 1.29 is 10.2 Å². The maximum Gasteiger partial charge on any atom is 0.0483 e. The van der Waals surface area contributed by atoms with Crippen LogP contribution in [-0.2, 0) is 0 Å². The first kappa shape index (κ1) is 26.4. The third-order valence-corrected chi connectivity index (χ3v) is 1.46. The van der Waals surface area contributed by atoms with Crippen molar-refractivity contribution in [3.63, 3.8) is 0 Å². The standard InChI is InChI=1S/C6H14.C4H11N.C3H8O.C2H6O/c1-3-5-6-4-2;1-3-5-4-2;1-3(2)4;1-2-3/h3-6H2,1-2H3;5H,3-4H2,1-2H3;3-4H,1-2H3;3H,2H2,1H3. The smallest absolute Gasteiger partial charge is 0.0483 e. The summed E-state index contributed by atoms with van der Waals surface area (Å²) in [5, 5.41) is 18.7. The number of unbranched alkanes of at least 4 members (excludes halogenated alkanes) is 3. The molecule has 0 aliphatic heterocycles. The van der Waals surface area contributed by atoms with Gasteiger partial charge in [-0.1, -0.05) is 53.4 Å². The molecule has 0 saturated heterocycles. The summed E-state index contributed by atoms with van der Waals surface area (Å²) in [4.78, 5) is 0. The Balaban J connectivity index is -0.0000000750. The van der Waals surface area contributed by atoms with Gasteiger partial charge in [0.25, 0.3) is 0 Å². The van der Waals surface area contributed by atoms with Gasteiger partial charge in [-0.15, -0.1) is 0 Å². The highest BCUT2D eigenvalue weighted by molar-refractivity contribution is 4.31. The van der Waals surface area contributed by atoms with Crippen LogP contribution in [0.1, 0.15) is 74.1 Å². The van der Waals surface area contributed by atoms with E-state index in [-0.39, 0.29) is 12.7 Å². The molecule has 0 aromatic carbocycles. The summed E-state index contributed by atoms with van der Waals surface area (Å²) in [5.41, 5.74) is 0. The molecule has 3 N–H and O–H groups in total. The van der Waals surface area contributed by atoms with E-state index >= 15 is 0 Å². The molecule has 0 aromatic heterocycles. The first-order valence-electron chi connectivity index (χ1n) is 7.47. The molecular formula is C15H39NO2. The normalized spacial score (nSPS) is 8.33. The molecule has 0 bridgehead atoms. The minimum absolute atomic E-state index is 0.167. The molecule has 0 aromatic rings. The summed E-state index contributed by atoms with van der Waals surface area (Å²) >= 11 is 0. The van der Waals surface area contributed by atoms with Gasteiger partial charge in [0.2, 0.25) is 0 Å². The predicted molar refractivity (Wildman–Crippen MR) is 84.1 cm³/mol. The van der Waals surface area contributed by atoms with Gasteiger partial charge in [0.1, 0.15) is 0 Å². The Morgan fingerprint density at radius 1 is 0.833 bits per heavy atom. The van der Waals surface area contributed by atoms with Crippen molar-refractivity contribution in [2.75, 3.05) is 19.7 Å². The number of hydrogen-bond acceptors (Lipinski definition) is 3. The molecule has 0 saturated carbocycles. The number of hydrogen-bond donors (Lipinski definition) is 3. The fraction of sp³-hybridized carbons (Fsp3) is 1.00. The van der Waals surface area contributed by atoms with E-state index < -0.39 is 0 Å². The van der Waals surface area contributed by atoms with Gasteiger partial charge in [-0.2, -0.15) is 0 Å². The molecular weight excluding hydrogens is 226 g/mol. The Bertz CT molecular complexity index is 79.8. The lowest BCUT2D eigenvalue weighted by atomic mass is 10.2. The van der Waals surface area contributed by atoms with Crippen molar-refractivity contribution in [1.82, 2.24) is 5.32 Å². The average Bonchev–Trinajstić information content (AvgIpc) is 2.28. The number of aliphatic hydroxyl groups excluding tert-OH is 2. The average molecular weight is 265 g/mol. The largest absolute Gasteiger partial charge is 0.397 e. The van der Waals surface area contributed by atoms with Crippen LogP contribution in [0, 0.1) is 0 Å². The Kier molecular flexibility index (Phi) is 52.8. The van der Waals surface area contributed by atoms with Crippen LogP contribution in [-0.4, -0.2) is 36.0 Å². The molecule has 116 valence electrons. The minimum atomic E-state index is -0.167. The van der Waals surface area contributed by atoms with Crippen molar-refractivity contribution in [2.24, 2.45) is 0 Å². The van der Waals surface area contributed by atoms with E-state index in [1.54, 1.807) is 20.8 Å². The van der Waals surface area contributed by atoms with Gasteiger partial charge in [0, 0.05) is 12.7 Å². The van der Waals surface area contributed by atoms with Gasteiger partial charge in [0.15, 0.2) is 0 Å². The van der Waals surface area contributed by atoms with E-state index in [2.05, 4.69) is 33.0 Å². The van der Waals surface area contributed by atoms with E-state index in [4.69, 9.17) is 10.2 Å². The SMILES string of the molecule is CC(C)O.CCCCCC.CCNCC.CCO. The molecule has 0 amide bonds. The van der Waals surface area contributed by atoms with Crippen LogP contribution in [0.4, 0.5) is 0 Å². The third kappa shape index (κ3) is 148. The molecule has 0 atom stereocenters. The molecule has 18 heavy (non-hydrogen) atoms. The fourth-order valence-electron chi connectivity index (χ4n) is 0.750. The van der Waals surface area contributed by atoms with Gasteiger partial charge in [-0.3, -0.25) is 0 Å². The van der Waals surface area contributed by atoms with Gasteiger partial charge < -0.3 is 15.5 Å². The monoisotopic (exact) mass is 265 g/mol. The maximum atomic E-state index is 8.06. The molecule has 0 spiro atoms. The summed E-state index contributed by atoms with van der Waals surface area (Å²) in [5.74, 6) is 0. The summed E-state index contributed by atoms with van der Waals surface area (Å²) in [6, 6.07) is 0. The lowest BCUT2D eigenvalue weighted by molar-refractivity contribution is 0.216. The lowest BCUT2D eigenvalue weighted by Crippen LogP contribution is -2.09. The van der Waals surface area contributed by atoms with E-state index in [0.29, 0.717) is 0 Å². The Hall–Kier alpha value is -0.120. The fourth-order valence-corrected chi connectivity index (χ4v) is 0.750. The summed E-state index contributed by atoms with van der Waals surface area (Å²) in [6.45, 7) is 16.2. The van der Waals surface area contributed by atoms with Crippen LogP contribution in [0.2, 0.25) is 0 Å². The molecule has 0 fully saturated rings. The third-order valence-electron chi connectivity index (χ3n) is 1.46.